The molecule has 0 aliphatic carbocycles. The highest BCUT2D eigenvalue weighted by Crippen LogP contribution is 2.03. The first-order chi connectivity index (χ1) is 6.29. The van der Waals surface area contributed by atoms with Gasteiger partial charge < -0.3 is 10.4 Å². The van der Waals surface area contributed by atoms with Crippen LogP contribution in [0.4, 0.5) is 5.69 Å². The second-order valence-electron chi connectivity index (χ2n) is 2.11. The molecule has 2 N–H and O–H groups in total. The van der Waals surface area contributed by atoms with Gasteiger partial charge in [-0.25, -0.2) is 0 Å². The topological polar surface area (TPSA) is 49.3 Å². The molecule has 0 aromatic heterocycles. The lowest BCUT2D eigenvalue weighted by atomic mass is 10.3. The third-order valence-electron chi connectivity index (χ3n) is 1.22. The average molecular weight is 177 g/mol. The number of hydrogen-bond donors (Lipinski definition) is 2. The van der Waals surface area contributed by atoms with Crippen molar-refractivity contribution in [3.05, 3.63) is 30.3 Å². The van der Waals surface area contributed by atoms with Crippen molar-refractivity contribution < 1.29 is 9.90 Å². The lowest BCUT2D eigenvalue weighted by Gasteiger charge is -2.00. The normalized spacial score (nSPS) is 7.85. The molecular weight excluding hydrogens is 166 g/mol. The molecule has 1 rings (SSSR count). The number of carboxylic acid groups (broad SMARTS) is 1. The van der Waals surface area contributed by atoms with Gasteiger partial charge in [0.1, 0.15) is 6.54 Å². The molecule has 0 amide bonds. The minimum atomic E-state index is -0.853. The van der Waals surface area contributed by atoms with Gasteiger partial charge in [-0.15, -0.1) is 12.8 Å². The number of aliphatic carboxylic acids is 1. The summed E-state index contributed by atoms with van der Waals surface area (Å²) in [6, 6.07) is 9.23. The van der Waals surface area contributed by atoms with Gasteiger partial charge >= 0.3 is 5.97 Å². The lowest BCUT2D eigenvalue weighted by Crippen LogP contribution is -2.11. The number of carboxylic acids is 1. The highest BCUT2D eigenvalue weighted by atomic mass is 16.4. The third kappa shape index (κ3) is 5.33. The van der Waals surface area contributed by atoms with Crippen LogP contribution >= 0.6 is 0 Å². The molecule has 3 heteroatoms. The summed E-state index contributed by atoms with van der Waals surface area (Å²) in [7, 11) is 0. The minimum absolute atomic E-state index is 0.0377. The molecule has 0 fully saturated rings. The number of carbonyl (C=O) groups is 1. The number of rotatable bonds is 3. The zero-order valence-corrected chi connectivity index (χ0v) is 7.10. The van der Waals surface area contributed by atoms with E-state index in [1.54, 1.807) is 0 Å². The molecule has 0 aliphatic heterocycles. The van der Waals surface area contributed by atoms with Crippen LogP contribution in [-0.2, 0) is 4.79 Å². The van der Waals surface area contributed by atoms with Crippen LogP contribution in [0, 0.1) is 12.8 Å². The van der Waals surface area contributed by atoms with Crippen molar-refractivity contribution in [2.45, 2.75) is 0 Å². The maximum absolute atomic E-state index is 10.1. The number of benzene rings is 1. The summed E-state index contributed by atoms with van der Waals surface area (Å²) in [5.74, 6) is -0.853. The van der Waals surface area contributed by atoms with E-state index < -0.39 is 5.97 Å². The zero-order chi connectivity index (χ0) is 10.1. The summed E-state index contributed by atoms with van der Waals surface area (Å²) >= 11 is 0. The largest absolute Gasteiger partial charge is 0.480 e. The Morgan fingerprint density at radius 2 is 1.85 bits per heavy atom. The van der Waals surface area contributed by atoms with E-state index in [4.69, 9.17) is 5.11 Å². The molecule has 0 saturated carbocycles. The van der Waals surface area contributed by atoms with E-state index in [0.717, 1.165) is 5.69 Å². The Morgan fingerprint density at radius 3 is 2.31 bits per heavy atom. The van der Waals surface area contributed by atoms with Crippen LogP contribution in [0.3, 0.4) is 0 Å². The van der Waals surface area contributed by atoms with Crippen LogP contribution in [0.15, 0.2) is 30.3 Å². The molecule has 3 nitrogen and oxygen atoms in total. The van der Waals surface area contributed by atoms with Crippen molar-refractivity contribution in [3.8, 4) is 12.8 Å². The fourth-order valence-corrected chi connectivity index (χ4v) is 0.734. The van der Waals surface area contributed by atoms with Crippen LogP contribution in [-0.4, -0.2) is 17.6 Å². The Hall–Kier alpha value is -1.95. The highest BCUT2D eigenvalue weighted by molar-refractivity contribution is 5.72. The lowest BCUT2D eigenvalue weighted by molar-refractivity contribution is -0.134. The second-order valence-corrected chi connectivity index (χ2v) is 2.11. The molecule has 0 atom stereocenters. The summed E-state index contributed by atoms with van der Waals surface area (Å²) in [6.45, 7) is -0.0377. The van der Waals surface area contributed by atoms with Crippen molar-refractivity contribution >= 4 is 11.7 Å². The molecule has 1 aromatic carbocycles. The van der Waals surface area contributed by atoms with Crippen LogP contribution < -0.4 is 5.32 Å². The van der Waals surface area contributed by atoms with E-state index in [1.165, 1.54) is 0 Å². The summed E-state index contributed by atoms with van der Waals surface area (Å²) in [6.07, 6.45) is 8.00. The first-order valence-corrected chi connectivity index (χ1v) is 3.63. The molecule has 13 heavy (non-hydrogen) atoms. The summed E-state index contributed by atoms with van der Waals surface area (Å²) in [5.41, 5.74) is 0.829. The van der Waals surface area contributed by atoms with Gasteiger partial charge in [0.2, 0.25) is 0 Å². The monoisotopic (exact) mass is 177 g/mol. The van der Waals surface area contributed by atoms with Gasteiger partial charge in [0.05, 0.1) is 0 Å². The van der Waals surface area contributed by atoms with E-state index in [2.05, 4.69) is 18.2 Å². The molecule has 68 valence electrons. The van der Waals surface area contributed by atoms with Crippen LogP contribution in [0.1, 0.15) is 0 Å². The molecule has 1 aromatic rings. The maximum atomic E-state index is 10.1. The van der Waals surface area contributed by atoms with Crippen LogP contribution in [0.2, 0.25) is 0 Å². The van der Waals surface area contributed by atoms with Crippen LogP contribution in [0.25, 0.3) is 0 Å². The molecule has 0 spiro atoms. The number of hydrogen-bond acceptors (Lipinski definition) is 2. The first kappa shape index (κ1) is 11.1. The third-order valence-corrected chi connectivity index (χ3v) is 1.22. The molecule has 0 aliphatic rings. The summed E-state index contributed by atoms with van der Waals surface area (Å²) in [4.78, 5) is 10.1. The van der Waals surface area contributed by atoms with Crippen molar-refractivity contribution in [2.24, 2.45) is 0 Å². The van der Waals surface area contributed by atoms with E-state index in [0.29, 0.717) is 0 Å². The van der Waals surface area contributed by atoms with Gasteiger partial charge in [0.15, 0.2) is 0 Å². The Bertz CT molecular complexity index is 267. The fraction of sp³-hybridized carbons (Fsp3) is 0.100. The van der Waals surface area contributed by atoms with Crippen molar-refractivity contribution in [3.63, 3.8) is 0 Å². The molecular formula is C10H11NO2. The molecule has 0 radical (unpaired) electrons. The van der Waals surface area contributed by atoms with Crippen LogP contribution in [0.5, 0.6) is 0 Å². The highest BCUT2D eigenvalue weighted by Gasteiger charge is 1.93. The number of para-hydroxylation sites is 1. The first-order valence-electron chi connectivity index (χ1n) is 3.63. The van der Waals surface area contributed by atoms with Gasteiger partial charge in [0.25, 0.3) is 0 Å². The fourth-order valence-electron chi connectivity index (χ4n) is 0.734. The Kier molecular flexibility index (Phi) is 5.73. The number of anilines is 1. The van der Waals surface area contributed by atoms with Gasteiger partial charge in [-0.1, -0.05) is 18.2 Å². The van der Waals surface area contributed by atoms with Gasteiger partial charge in [0, 0.05) is 5.69 Å². The molecule has 0 heterocycles. The Labute approximate surface area is 77.4 Å². The quantitative estimate of drug-likeness (QED) is 0.687. The predicted octanol–water partition coefficient (Wildman–Crippen LogP) is 1.43. The van der Waals surface area contributed by atoms with E-state index in [1.807, 2.05) is 30.3 Å². The predicted molar refractivity (Wildman–Crippen MR) is 52.5 cm³/mol. The average Bonchev–Trinajstić information content (AvgIpc) is 2.19. The van der Waals surface area contributed by atoms with Crippen molar-refractivity contribution in [2.75, 3.05) is 11.9 Å². The SMILES string of the molecule is C#C.O=C(O)CNc1ccccc1. The Morgan fingerprint density at radius 1 is 1.31 bits per heavy atom. The van der Waals surface area contributed by atoms with Gasteiger partial charge in [-0.2, -0.15) is 0 Å². The summed E-state index contributed by atoms with van der Waals surface area (Å²) in [5, 5.41) is 11.1. The zero-order valence-electron chi connectivity index (χ0n) is 7.10. The molecule has 0 unspecified atom stereocenters. The molecule has 0 bridgehead atoms. The maximum Gasteiger partial charge on any atom is 0.322 e. The Balaban J connectivity index is 0.000000671. The minimum Gasteiger partial charge on any atom is -0.480 e. The smallest absolute Gasteiger partial charge is 0.322 e. The number of nitrogens with one attached hydrogen (secondary N) is 1. The number of terminal acetylenes is 1. The van der Waals surface area contributed by atoms with E-state index >= 15 is 0 Å². The van der Waals surface area contributed by atoms with Crippen molar-refractivity contribution in [1.82, 2.24) is 0 Å². The van der Waals surface area contributed by atoms with Gasteiger partial charge in [-0.05, 0) is 12.1 Å². The van der Waals surface area contributed by atoms with E-state index in [9.17, 15) is 4.79 Å². The van der Waals surface area contributed by atoms with E-state index in [-0.39, 0.29) is 6.54 Å². The second kappa shape index (κ2) is 6.74. The molecule has 0 saturated heterocycles. The summed E-state index contributed by atoms with van der Waals surface area (Å²) < 4.78 is 0. The standard InChI is InChI=1S/C8H9NO2.C2H2/c10-8(11)6-9-7-4-2-1-3-5-7;1-2/h1-5,9H,6H2,(H,10,11);1-2H. The van der Waals surface area contributed by atoms with Crippen molar-refractivity contribution in [1.29, 1.82) is 0 Å². The van der Waals surface area contributed by atoms with Gasteiger partial charge in [-0.3, -0.25) is 4.79 Å².